The molecule has 0 aromatic heterocycles. The molecule has 1 aliphatic rings. The second-order valence-electron chi connectivity index (χ2n) is 5.55. The summed E-state index contributed by atoms with van der Waals surface area (Å²) in [5.41, 5.74) is 1.96. The van der Waals surface area contributed by atoms with Gasteiger partial charge in [0.2, 0.25) is 0 Å². The van der Waals surface area contributed by atoms with E-state index in [0.717, 1.165) is 5.69 Å². The van der Waals surface area contributed by atoms with Crippen molar-refractivity contribution in [3.05, 3.63) is 28.8 Å². The summed E-state index contributed by atoms with van der Waals surface area (Å²) >= 11 is 5.91. The normalized spacial score (nSPS) is 22.1. The van der Waals surface area contributed by atoms with Crippen LogP contribution in [0.1, 0.15) is 38.7 Å². The van der Waals surface area contributed by atoms with Crippen LogP contribution in [0.15, 0.2) is 18.2 Å². The van der Waals surface area contributed by atoms with Gasteiger partial charge in [0, 0.05) is 11.7 Å². The highest BCUT2D eigenvalue weighted by molar-refractivity contribution is 6.31. The van der Waals surface area contributed by atoms with Crippen molar-refractivity contribution in [1.82, 2.24) is 0 Å². The Hall–Kier alpha value is -1.20. The largest absolute Gasteiger partial charge is 0.382 e. The first-order chi connectivity index (χ1) is 8.00. The summed E-state index contributed by atoms with van der Waals surface area (Å²) in [6.45, 7) is 4.61. The van der Waals surface area contributed by atoms with E-state index in [4.69, 9.17) is 16.9 Å². The molecule has 1 atom stereocenters. The number of rotatable bonds is 2. The van der Waals surface area contributed by atoms with Gasteiger partial charge < -0.3 is 5.32 Å². The van der Waals surface area contributed by atoms with Gasteiger partial charge >= 0.3 is 0 Å². The van der Waals surface area contributed by atoms with Crippen LogP contribution in [0.2, 0.25) is 5.02 Å². The lowest BCUT2D eigenvalue weighted by Gasteiger charge is -2.18. The second-order valence-corrected chi connectivity index (χ2v) is 5.96. The van der Waals surface area contributed by atoms with Crippen LogP contribution in [-0.4, -0.2) is 6.04 Å². The maximum Gasteiger partial charge on any atom is 0.101 e. The summed E-state index contributed by atoms with van der Waals surface area (Å²) in [6, 6.07) is 8.16. The highest BCUT2D eigenvalue weighted by atomic mass is 35.5. The molecule has 1 aromatic rings. The predicted molar refractivity (Wildman–Crippen MR) is 71.2 cm³/mol. The molecular formula is C14H17ClN2. The van der Waals surface area contributed by atoms with Gasteiger partial charge in [-0.2, -0.15) is 5.26 Å². The van der Waals surface area contributed by atoms with E-state index < -0.39 is 0 Å². The standard InChI is InChI=1S/C14H17ClN2/c1-14(2)6-5-12(8-14)17-11-3-4-13(15)10(7-11)9-16/h3-4,7,12,17H,5-6,8H2,1-2H3. The molecule has 1 aliphatic carbocycles. The van der Waals surface area contributed by atoms with E-state index in [1.807, 2.05) is 12.1 Å². The Morgan fingerprint density at radius 1 is 1.47 bits per heavy atom. The molecule has 1 unspecified atom stereocenters. The van der Waals surface area contributed by atoms with Gasteiger partial charge in [0.25, 0.3) is 0 Å². The van der Waals surface area contributed by atoms with Crippen molar-refractivity contribution in [2.75, 3.05) is 5.32 Å². The maximum absolute atomic E-state index is 8.92. The van der Waals surface area contributed by atoms with E-state index in [9.17, 15) is 0 Å². The van der Waals surface area contributed by atoms with Crippen LogP contribution < -0.4 is 5.32 Å². The molecule has 0 radical (unpaired) electrons. The lowest BCUT2D eigenvalue weighted by Crippen LogP contribution is -2.17. The first-order valence-corrected chi connectivity index (χ1v) is 6.34. The SMILES string of the molecule is CC1(C)CCC(Nc2ccc(Cl)c(C#N)c2)C1. The zero-order valence-electron chi connectivity index (χ0n) is 10.3. The Morgan fingerprint density at radius 3 is 2.82 bits per heavy atom. The fourth-order valence-corrected chi connectivity index (χ4v) is 2.66. The minimum absolute atomic E-state index is 0.433. The number of hydrogen-bond donors (Lipinski definition) is 1. The number of halogens is 1. The van der Waals surface area contributed by atoms with Crippen molar-refractivity contribution in [2.45, 2.75) is 39.2 Å². The monoisotopic (exact) mass is 248 g/mol. The van der Waals surface area contributed by atoms with Gasteiger partial charge in [-0.1, -0.05) is 25.4 Å². The summed E-state index contributed by atoms with van der Waals surface area (Å²) in [5.74, 6) is 0. The van der Waals surface area contributed by atoms with Crippen molar-refractivity contribution in [1.29, 1.82) is 5.26 Å². The van der Waals surface area contributed by atoms with Crippen LogP contribution in [0.4, 0.5) is 5.69 Å². The molecule has 2 nitrogen and oxygen atoms in total. The van der Waals surface area contributed by atoms with E-state index in [-0.39, 0.29) is 0 Å². The van der Waals surface area contributed by atoms with E-state index in [1.165, 1.54) is 19.3 Å². The van der Waals surface area contributed by atoms with Crippen LogP contribution in [0.3, 0.4) is 0 Å². The van der Waals surface area contributed by atoms with Gasteiger partial charge in [0.1, 0.15) is 6.07 Å². The molecule has 3 heteroatoms. The molecule has 1 saturated carbocycles. The number of nitriles is 1. The highest BCUT2D eigenvalue weighted by Crippen LogP contribution is 2.38. The van der Waals surface area contributed by atoms with Crippen molar-refractivity contribution >= 4 is 17.3 Å². The first-order valence-electron chi connectivity index (χ1n) is 5.96. The molecule has 0 heterocycles. The number of hydrogen-bond acceptors (Lipinski definition) is 2. The molecule has 0 amide bonds. The molecule has 1 aromatic carbocycles. The molecule has 1 N–H and O–H groups in total. The van der Waals surface area contributed by atoms with E-state index in [0.29, 0.717) is 22.0 Å². The second kappa shape index (κ2) is 4.58. The van der Waals surface area contributed by atoms with Gasteiger partial charge in [-0.25, -0.2) is 0 Å². The summed E-state index contributed by atoms with van der Waals surface area (Å²) in [6.07, 6.45) is 3.62. The van der Waals surface area contributed by atoms with E-state index in [1.54, 1.807) is 6.07 Å². The summed E-state index contributed by atoms with van der Waals surface area (Å²) in [4.78, 5) is 0. The summed E-state index contributed by atoms with van der Waals surface area (Å²) in [7, 11) is 0. The average molecular weight is 249 g/mol. The molecular weight excluding hydrogens is 232 g/mol. The van der Waals surface area contributed by atoms with Crippen LogP contribution >= 0.6 is 11.6 Å². The zero-order chi connectivity index (χ0) is 12.5. The molecule has 2 rings (SSSR count). The molecule has 0 aliphatic heterocycles. The minimum atomic E-state index is 0.433. The van der Waals surface area contributed by atoms with Gasteiger partial charge in [0.05, 0.1) is 10.6 Å². The number of nitrogens with one attached hydrogen (secondary N) is 1. The third-order valence-electron chi connectivity index (χ3n) is 3.43. The predicted octanol–water partition coefficient (Wildman–Crippen LogP) is 4.20. The minimum Gasteiger partial charge on any atom is -0.382 e. The Balaban J connectivity index is 2.08. The quantitative estimate of drug-likeness (QED) is 0.851. The topological polar surface area (TPSA) is 35.8 Å². The van der Waals surface area contributed by atoms with Crippen molar-refractivity contribution in [3.8, 4) is 6.07 Å². The van der Waals surface area contributed by atoms with Gasteiger partial charge in [-0.05, 0) is 42.9 Å². The van der Waals surface area contributed by atoms with E-state index in [2.05, 4.69) is 25.2 Å². The molecule has 17 heavy (non-hydrogen) atoms. The van der Waals surface area contributed by atoms with Gasteiger partial charge in [0.15, 0.2) is 0 Å². The maximum atomic E-state index is 8.92. The third kappa shape index (κ3) is 2.92. The van der Waals surface area contributed by atoms with Crippen LogP contribution in [0.5, 0.6) is 0 Å². The Labute approximate surface area is 108 Å². The summed E-state index contributed by atoms with van der Waals surface area (Å²) in [5, 5.41) is 12.9. The zero-order valence-corrected chi connectivity index (χ0v) is 11.0. The highest BCUT2D eigenvalue weighted by Gasteiger charge is 2.30. The third-order valence-corrected chi connectivity index (χ3v) is 3.76. The van der Waals surface area contributed by atoms with Crippen LogP contribution in [-0.2, 0) is 0 Å². The molecule has 0 bridgehead atoms. The molecule has 1 fully saturated rings. The van der Waals surface area contributed by atoms with Gasteiger partial charge in [-0.3, -0.25) is 0 Å². The van der Waals surface area contributed by atoms with Crippen molar-refractivity contribution < 1.29 is 0 Å². The van der Waals surface area contributed by atoms with Gasteiger partial charge in [-0.15, -0.1) is 0 Å². The number of anilines is 1. The molecule has 0 spiro atoms. The van der Waals surface area contributed by atoms with Crippen LogP contribution in [0.25, 0.3) is 0 Å². The first kappa shape index (κ1) is 12.3. The Bertz CT molecular complexity index is 460. The number of nitrogens with zero attached hydrogens (tertiary/aromatic N) is 1. The molecule has 0 saturated heterocycles. The fourth-order valence-electron chi connectivity index (χ4n) is 2.50. The Kier molecular flexibility index (Phi) is 3.31. The lowest BCUT2D eigenvalue weighted by atomic mass is 9.92. The number of benzene rings is 1. The van der Waals surface area contributed by atoms with Crippen molar-refractivity contribution in [2.24, 2.45) is 5.41 Å². The van der Waals surface area contributed by atoms with E-state index >= 15 is 0 Å². The van der Waals surface area contributed by atoms with Crippen molar-refractivity contribution in [3.63, 3.8) is 0 Å². The smallest absolute Gasteiger partial charge is 0.101 e. The molecule has 90 valence electrons. The summed E-state index contributed by atoms with van der Waals surface area (Å²) < 4.78 is 0. The van der Waals surface area contributed by atoms with Crippen LogP contribution in [0, 0.1) is 16.7 Å². The lowest BCUT2D eigenvalue weighted by molar-refractivity contribution is 0.378. The Morgan fingerprint density at radius 2 is 2.24 bits per heavy atom. The average Bonchev–Trinajstić information content (AvgIpc) is 2.61. The fraction of sp³-hybridized carbons (Fsp3) is 0.500.